The molecule has 0 aromatic carbocycles. The molecule has 0 amide bonds. The van der Waals surface area contributed by atoms with Crippen LogP contribution in [0.1, 0.15) is 47.5 Å². The van der Waals surface area contributed by atoms with Crippen LogP contribution in [0.2, 0.25) is 0 Å². The molecule has 18 heavy (non-hydrogen) atoms. The molecule has 0 spiro atoms. The van der Waals surface area contributed by atoms with E-state index in [1.807, 2.05) is 13.8 Å². The second-order valence-electron chi connectivity index (χ2n) is 6.37. The number of nitrogens with one attached hydrogen (secondary N) is 1. The molecule has 0 aromatic rings. The lowest BCUT2D eigenvalue weighted by molar-refractivity contribution is -0.145. The van der Waals surface area contributed by atoms with E-state index in [-0.39, 0.29) is 6.04 Å². The van der Waals surface area contributed by atoms with Gasteiger partial charge in [0.1, 0.15) is 5.54 Å². The van der Waals surface area contributed by atoms with Gasteiger partial charge in [0, 0.05) is 25.2 Å². The Balaban J connectivity index is 2.55. The maximum absolute atomic E-state index is 11.4. The Morgan fingerprint density at radius 2 is 2.11 bits per heavy atom. The minimum Gasteiger partial charge on any atom is -0.480 e. The fraction of sp³-hybridized carbons (Fsp3) is 0.929. The van der Waals surface area contributed by atoms with E-state index in [0.717, 1.165) is 19.0 Å². The lowest BCUT2D eigenvalue weighted by atomic mass is 9.96. The van der Waals surface area contributed by atoms with Crippen LogP contribution in [0, 0.1) is 5.92 Å². The van der Waals surface area contributed by atoms with E-state index in [0.29, 0.717) is 12.5 Å². The molecule has 1 fully saturated rings. The first-order valence-electron chi connectivity index (χ1n) is 6.99. The van der Waals surface area contributed by atoms with Crippen LogP contribution in [0.15, 0.2) is 0 Å². The van der Waals surface area contributed by atoms with Crippen molar-refractivity contribution in [3.8, 4) is 0 Å². The van der Waals surface area contributed by atoms with Gasteiger partial charge in [-0.3, -0.25) is 10.1 Å². The molecule has 106 valence electrons. The van der Waals surface area contributed by atoms with Crippen LogP contribution in [-0.4, -0.2) is 46.7 Å². The van der Waals surface area contributed by atoms with E-state index in [1.54, 1.807) is 6.92 Å². The fourth-order valence-electron chi connectivity index (χ4n) is 2.94. The number of nitrogens with zero attached hydrogens (tertiary/aromatic N) is 1. The molecule has 1 aliphatic rings. The van der Waals surface area contributed by atoms with Crippen molar-refractivity contribution in [1.82, 2.24) is 10.2 Å². The highest BCUT2D eigenvalue weighted by Gasteiger charge is 2.35. The number of aliphatic carboxylic acids is 1. The molecular weight excluding hydrogens is 228 g/mol. The van der Waals surface area contributed by atoms with Crippen molar-refractivity contribution in [2.24, 2.45) is 5.92 Å². The Bertz CT molecular complexity index is 294. The quantitative estimate of drug-likeness (QED) is 0.762. The maximum atomic E-state index is 11.4. The van der Waals surface area contributed by atoms with Crippen LogP contribution >= 0.6 is 0 Å². The van der Waals surface area contributed by atoms with Crippen molar-refractivity contribution in [2.45, 2.75) is 65.1 Å². The van der Waals surface area contributed by atoms with Crippen LogP contribution < -0.4 is 5.32 Å². The lowest BCUT2D eigenvalue weighted by Crippen LogP contribution is -2.54. The predicted molar refractivity (Wildman–Crippen MR) is 73.7 cm³/mol. The number of carbonyl (C=O) groups is 1. The van der Waals surface area contributed by atoms with Gasteiger partial charge < -0.3 is 10.0 Å². The van der Waals surface area contributed by atoms with E-state index < -0.39 is 11.5 Å². The van der Waals surface area contributed by atoms with Crippen molar-refractivity contribution in [3.05, 3.63) is 0 Å². The molecule has 0 bridgehead atoms. The van der Waals surface area contributed by atoms with Crippen LogP contribution in [0.5, 0.6) is 0 Å². The molecule has 0 saturated carbocycles. The zero-order valence-corrected chi connectivity index (χ0v) is 12.4. The topological polar surface area (TPSA) is 52.6 Å². The molecule has 0 radical (unpaired) electrons. The summed E-state index contributed by atoms with van der Waals surface area (Å²) < 4.78 is 0. The highest BCUT2D eigenvalue weighted by atomic mass is 16.4. The predicted octanol–water partition coefficient (Wildman–Crippen LogP) is 1.95. The zero-order chi connectivity index (χ0) is 13.9. The van der Waals surface area contributed by atoms with E-state index >= 15 is 0 Å². The number of hydrogen-bond acceptors (Lipinski definition) is 3. The third-order valence-corrected chi connectivity index (χ3v) is 3.89. The Morgan fingerprint density at radius 3 is 2.50 bits per heavy atom. The second-order valence-corrected chi connectivity index (χ2v) is 6.37. The van der Waals surface area contributed by atoms with Crippen molar-refractivity contribution < 1.29 is 9.90 Å². The molecule has 1 aliphatic heterocycles. The van der Waals surface area contributed by atoms with Gasteiger partial charge in [-0.25, -0.2) is 0 Å². The maximum Gasteiger partial charge on any atom is 0.323 e. The number of hydrogen-bond donors (Lipinski definition) is 2. The SMILES string of the molecule is CC1CC(C)N(CCC(C)(NC(C)C)C(=O)O)C1. The van der Waals surface area contributed by atoms with E-state index in [9.17, 15) is 9.90 Å². The lowest BCUT2D eigenvalue weighted by Gasteiger charge is -2.31. The summed E-state index contributed by atoms with van der Waals surface area (Å²) in [6, 6.07) is 0.762. The third kappa shape index (κ3) is 3.95. The number of rotatable bonds is 6. The van der Waals surface area contributed by atoms with Gasteiger partial charge >= 0.3 is 5.97 Å². The van der Waals surface area contributed by atoms with Gasteiger partial charge in [0.15, 0.2) is 0 Å². The van der Waals surface area contributed by atoms with Crippen LogP contribution in [0.4, 0.5) is 0 Å². The van der Waals surface area contributed by atoms with Crippen LogP contribution in [0.25, 0.3) is 0 Å². The fourth-order valence-corrected chi connectivity index (χ4v) is 2.94. The molecule has 4 nitrogen and oxygen atoms in total. The van der Waals surface area contributed by atoms with E-state index in [2.05, 4.69) is 24.1 Å². The van der Waals surface area contributed by atoms with E-state index in [1.165, 1.54) is 6.42 Å². The molecule has 1 heterocycles. The Labute approximate surface area is 111 Å². The normalized spacial score (nSPS) is 28.6. The van der Waals surface area contributed by atoms with Gasteiger partial charge in [0.25, 0.3) is 0 Å². The highest BCUT2D eigenvalue weighted by Crippen LogP contribution is 2.24. The molecule has 3 atom stereocenters. The summed E-state index contributed by atoms with van der Waals surface area (Å²) in [5.74, 6) is -0.0229. The molecule has 2 N–H and O–H groups in total. The molecule has 0 aromatic heterocycles. The summed E-state index contributed by atoms with van der Waals surface area (Å²) in [5, 5.41) is 12.6. The summed E-state index contributed by atoms with van der Waals surface area (Å²) in [5.41, 5.74) is -0.820. The minimum absolute atomic E-state index is 0.182. The molecule has 4 heteroatoms. The minimum atomic E-state index is -0.820. The van der Waals surface area contributed by atoms with Gasteiger partial charge in [-0.2, -0.15) is 0 Å². The first kappa shape index (κ1) is 15.4. The number of likely N-dealkylation sites (tertiary alicyclic amines) is 1. The second kappa shape index (κ2) is 6.02. The van der Waals surface area contributed by atoms with Crippen molar-refractivity contribution in [1.29, 1.82) is 0 Å². The van der Waals surface area contributed by atoms with Crippen LogP contribution in [0.3, 0.4) is 0 Å². The highest BCUT2D eigenvalue weighted by molar-refractivity contribution is 5.78. The smallest absolute Gasteiger partial charge is 0.323 e. The third-order valence-electron chi connectivity index (χ3n) is 3.89. The monoisotopic (exact) mass is 256 g/mol. The average Bonchev–Trinajstić information content (AvgIpc) is 2.53. The summed E-state index contributed by atoms with van der Waals surface area (Å²) in [6.07, 6.45) is 1.87. The Kier molecular flexibility index (Phi) is 5.17. The van der Waals surface area contributed by atoms with Crippen LogP contribution in [-0.2, 0) is 4.79 Å². The summed E-state index contributed by atoms with van der Waals surface area (Å²) in [4.78, 5) is 13.8. The molecule has 0 aliphatic carbocycles. The van der Waals surface area contributed by atoms with Crippen molar-refractivity contribution >= 4 is 5.97 Å². The van der Waals surface area contributed by atoms with Gasteiger partial charge in [-0.1, -0.05) is 6.92 Å². The first-order valence-corrected chi connectivity index (χ1v) is 6.99. The number of carboxylic acids is 1. The van der Waals surface area contributed by atoms with Crippen molar-refractivity contribution in [3.63, 3.8) is 0 Å². The summed E-state index contributed by atoms with van der Waals surface area (Å²) in [6.45, 7) is 12.2. The van der Waals surface area contributed by atoms with Gasteiger partial charge in [-0.15, -0.1) is 0 Å². The Morgan fingerprint density at radius 1 is 1.50 bits per heavy atom. The molecule has 1 rings (SSSR count). The standard InChI is InChI=1S/C14H28N2O2/c1-10(2)15-14(5,13(17)18)6-7-16-9-11(3)8-12(16)4/h10-12,15H,6-9H2,1-5H3,(H,17,18). The van der Waals surface area contributed by atoms with E-state index in [4.69, 9.17) is 0 Å². The Hall–Kier alpha value is -0.610. The van der Waals surface area contributed by atoms with Gasteiger partial charge in [0.2, 0.25) is 0 Å². The van der Waals surface area contributed by atoms with Crippen molar-refractivity contribution in [2.75, 3.05) is 13.1 Å². The summed E-state index contributed by atoms with van der Waals surface area (Å²) in [7, 11) is 0. The van der Waals surface area contributed by atoms with Gasteiger partial charge in [0.05, 0.1) is 0 Å². The molecular formula is C14H28N2O2. The largest absolute Gasteiger partial charge is 0.480 e. The molecule has 3 unspecified atom stereocenters. The summed E-state index contributed by atoms with van der Waals surface area (Å²) >= 11 is 0. The average molecular weight is 256 g/mol. The zero-order valence-electron chi connectivity index (χ0n) is 12.4. The van der Waals surface area contributed by atoms with Gasteiger partial charge in [-0.05, 0) is 46.5 Å². The first-order chi connectivity index (χ1) is 8.24. The molecule has 1 saturated heterocycles. The number of carboxylic acid groups (broad SMARTS) is 1.